The number of phenols is 1. The number of halogens is 1. The van der Waals surface area contributed by atoms with Gasteiger partial charge in [0.2, 0.25) is 11.8 Å². The first kappa shape index (κ1) is 13.8. The van der Waals surface area contributed by atoms with Gasteiger partial charge >= 0.3 is 0 Å². The lowest BCUT2D eigenvalue weighted by Crippen LogP contribution is -2.46. The third-order valence-corrected chi connectivity index (χ3v) is 2.87. The van der Waals surface area contributed by atoms with Gasteiger partial charge in [0, 0.05) is 6.42 Å². The average molecular weight is 348 g/mol. The van der Waals surface area contributed by atoms with E-state index in [1.54, 1.807) is 12.1 Å². The van der Waals surface area contributed by atoms with Crippen molar-refractivity contribution in [2.75, 3.05) is 4.43 Å². The number of alkyl halides is 1. The normalized spacial score (nSPS) is 11.8. The Morgan fingerprint density at radius 2 is 1.94 bits per heavy atom. The Hall–Kier alpha value is -1.31. The number of primary amides is 1. The summed E-state index contributed by atoms with van der Waals surface area (Å²) < 4.78 is 0.275. The molecule has 0 heterocycles. The summed E-state index contributed by atoms with van der Waals surface area (Å²) in [5, 5.41) is 11.7. The molecular weight excluding hydrogens is 335 g/mol. The third kappa shape index (κ3) is 4.59. The Labute approximate surface area is 113 Å². The Kier molecular flexibility index (Phi) is 5.20. The number of carbonyl (C=O) groups is 2. The highest BCUT2D eigenvalue weighted by Crippen LogP contribution is 2.11. The van der Waals surface area contributed by atoms with Crippen molar-refractivity contribution < 1.29 is 14.7 Å². The molecule has 6 heteroatoms. The van der Waals surface area contributed by atoms with Crippen molar-refractivity contribution in [1.82, 2.24) is 5.32 Å². The van der Waals surface area contributed by atoms with Gasteiger partial charge in [0.15, 0.2) is 0 Å². The van der Waals surface area contributed by atoms with Crippen molar-refractivity contribution in [3.63, 3.8) is 0 Å². The van der Waals surface area contributed by atoms with Gasteiger partial charge < -0.3 is 16.2 Å². The first-order chi connectivity index (χ1) is 8.02. The molecule has 0 spiro atoms. The van der Waals surface area contributed by atoms with E-state index in [1.807, 2.05) is 22.6 Å². The topological polar surface area (TPSA) is 92.4 Å². The molecule has 17 heavy (non-hydrogen) atoms. The van der Waals surface area contributed by atoms with Crippen LogP contribution in [-0.4, -0.2) is 27.4 Å². The summed E-state index contributed by atoms with van der Waals surface area (Å²) in [5.41, 5.74) is 6.03. The van der Waals surface area contributed by atoms with Crippen molar-refractivity contribution in [1.29, 1.82) is 0 Å². The summed E-state index contributed by atoms with van der Waals surface area (Å²) in [6, 6.07) is 5.69. The second-order valence-electron chi connectivity index (χ2n) is 3.53. The van der Waals surface area contributed by atoms with Gasteiger partial charge in [-0.05, 0) is 17.7 Å². The fourth-order valence-electron chi connectivity index (χ4n) is 1.32. The number of benzene rings is 1. The van der Waals surface area contributed by atoms with E-state index >= 15 is 0 Å². The molecule has 0 saturated carbocycles. The minimum Gasteiger partial charge on any atom is -0.508 e. The van der Waals surface area contributed by atoms with Crippen LogP contribution in [0.2, 0.25) is 0 Å². The number of nitrogens with one attached hydrogen (secondary N) is 1. The summed E-state index contributed by atoms with van der Waals surface area (Å²) >= 11 is 1.91. The standard InChI is InChI=1S/C11H13IN2O3/c12-6-10(16)14-9(11(13)17)5-7-1-3-8(15)4-2-7/h1-4,9,15H,5-6H2,(H2,13,17)(H,14,16)/t9-/m0/s1. The molecule has 0 radical (unpaired) electrons. The van der Waals surface area contributed by atoms with Gasteiger partial charge in [-0.25, -0.2) is 0 Å². The van der Waals surface area contributed by atoms with Crippen molar-refractivity contribution in [2.24, 2.45) is 5.73 Å². The second-order valence-corrected chi connectivity index (χ2v) is 4.29. The zero-order valence-corrected chi connectivity index (χ0v) is 11.2. The predicted octanol–water partition coefficient (Wildman–Crippen LogP) is 0.340. The van der Waals surface area contributed by atoms with Crippen LogP contribution in [0.25, 0.3) is 0 Å². The van der Waals surface area contributed by atoms with Crippen LogP contribution in [0, 0.1) is 0 Å². The highest BCUT2D eigenvalue weighted by Gasteiger charge is 2.17. The second kappa shape index (κ2) is 6.43. The fraction of sp³-hybridized carbons (Fsp3) is 0.273. The van der Waals surface area contributed by atoms with Crippen molar-refractivity contribution in [3.8, 4) is 5.75 Å². The van der Waals surface area contributed by atoms with Gasteiger partial charge in [-0.1, -0.05) is 34.7 Å². The Balaban J connectivity index is 2.70. The Bertz CT molecular complexity index is 406. The largest absolute Gasteiger partial charge is 0.508 e. The van der Waals surface area contributed by atoms with Crippen LogP contribution in [-0.2, 0) is 16.0 Å². The van der Waals surface area contributed by atoms with E-state index in [4.69, 9.17) is 10.8 Å². The average Bonchev–Trinajstić information content (AvgIpc) is 2.30. The molecular formula is C11H13IN2O3. The van der Waals surface area contributed by atoms with E-state index in [1.165, 1.54) is 12.1 Å². The van der Waals surface area contributed by atoms with Crippen LogP contribution < -0.4 is 11.1 Å². The van der Waals surface area contributed by atoms with Crippen LogP contribution in [0.5, 0.6) is 5.75 Å². The summed E-state index contributed by atoms with van der Waals surface area (Å²) in [5.74, 6) is -0.648. The summed E-state index contributed by atoms with van der Waals surface area (Å²) in [7, 11) is 0. The minimum atomic E-state index is -0.721. The molecule has 0 aliphatic carbocycles. The maximum absolute atomic E-state index is 11.2. The van der Waals surface area contributed by atoms with Crippen LogP contribution in [0.3, 0.4) is 0 Å². The van der Waals surface area contributed by atoms with Gasteiger partial charge in [0.25, 0.3) is 0 Å². The maximum Gasteiger partial charge on any atom is 0.240 e. The molecule has 1 aromatic rings. The number of nitrogens with two attached hydrogens (primary N) is 1. The van der Waals surface area contributed by atoms with Crippen LogP contribution >= 0.6 is 22.6 Å². The molecule has 1 atom stereocenters. The van der Waals surface area contributed by atoms with Gasteiger partial charge in [0.1, 0.15) is 11.8 Å². The maximum atomic E-state index is 11.2. The lowest BCUT2D eigenvalue weighted by atomic mass is 10.1. The number of rotatable bonds is 5. The van der Waals surface area contributed by atoms with E-state index < -0.39 is 11.9 Å². The monoisotopic (exact) mass is 348 g/mol. The van der Waals surface area contributed by atoms with Crippen LogP contribution in [0.15, 0.2) is 24.3 Å². The molecule has 5 nitrogen and oxygen atoms in total. The highest BCUT2D eigenvalue weighted by molar-refractivity contribution is 14.1. The molecule has 0 fully saturated rings. The Morgan fingerprint density at radius 3 is 2.41 bits per heavy atom. The zero-order valence-electron chi connectivity index (χ0n) is 9.02. The number of hydrogen-bond donors (Lipinski definition) is 3. The fourth-order valence-corrected chi connectivity index (χ4v) is 1.54. The SMILES string of the molecule is NC(=O)[C@H](Cc1ccc(O)cc1)NC(=O)CI. The molecule has 0 bridgehead atoms. The number of aromatic hydroxyl groups is 1. The van der Waals surface area contributed by atoms with E-state index in [0.717, 1.165) is 5.56 Å². The lowest BCUT2D eigenvalue weighted by molar-refractivity contribution is -0.125. The van der Waals surface area contributed by atoms with Gasteiger partial charge in [-0.2, -0.15) is 0 Å². The Morgan fingerprint density at radius 1 is 1.35 bits per heavy atom. The molecule has 1 rings (SSSR count). The first-order valence-electron chi connectivity index (χ1n) is 4.95. The van der Waals surface area contributed by atoms with Crippen LogP contribution in [0.1, 0.15) is 5.56 Å². The van der Waals surface area contributed by atoms with E-state index in [-0.39, 0.29) is 16.1 Å². The number of hydrogen-bond acceptors (Lipinski definition) is 3. The van der Waals surface area contributed by atoms with E-state index in [0.29, 0.717) is 6.42 Å². The quantitative estimate of drug-likeness (QED) is 0.529. The van der Waals surface area contributed by atoms with Crippen molar-refractivity contribution in [2.45, 2.75) is 12.5 Å². The summed E-state index contributed by atoms with van der Waals surface area (Å²) in [4.78, 5) is 22.4. The molecule has 0 aliphatic rings. The first-order valence-corrected chi connectivity index (χ1v) is 6.48. The smallest absolute Gasteiger partial charge is 0.240 e. The van der Waals surface area contributed by atoms with Gasteiger partial charge in [-0.15, -0.1) is 0 Å². The number of phenolic OH excluding ortho intramolecular Hbond substituents is 1. The van der Waals surface area contributed by atoms with Gasteiger partial charge in [0.05, 0.1) is 4.43 Å². The third-order valence-electron chi connectivity index (χ3n) is 2.18. The minimum absolute atomic E-state index is 0.153. The van der Waals surface area contributed by atoms with E-state index in [9.17, 15) is 9.59 Å². The molecule has 92 valence electrons. The lowest BCUT2D eigenvalue weighted by Gasteiger charge is -2.14. The molecule has 4 N–H and O–H groups in total. The number of amides is 2. The van der Waals surface area contributed by atoms with E-state index in [2.05, 4.69) is 5.32 Å². The summed E-state index contributed by atoms with van der Waals surface area (Å²) in [6.07, 6.45) is 0.317. The highest BCUT2D eigenvalue weighted by atomic mass is 127. The summed E-state index contributed by atoms with van der Waals surface area (Å²) in [6.45, 7) is 0. The van der Waals surface area contributed by atoms with Crippen LogP contribution in [0.4, 0.5) is 0 Å². The zero-order chi connectivity index (χ0) is 12.8. The molecule has 2 amide bonds. The molecule has 0 unspecified atom stereocenters. The molecule has 0 aliphatic heterocycles. The van der Waals surface area contributed by atoms with Crippen molar-refractivity contribution >= 4 is 34.4 Å². The molecule has 1 aromatic carbocycles. The molecule has 0 saturated heterocycles. The number of carbonyl (C=O) groups excluding carboxylic acids is 2. The van der Waals surface area contributed by atoms with Crippen molar-refractivity contribution in [3.05, 3.63) is 29.8 Å². The van der Waals surface area contributed by atoms with Gasteiger partial charge in [-0.3, -0.25) is 9.59 Å². The predicted molar refractivity (Wildman–Crippen MR) is 71.8 cm³/mol. The molecule has 0 aromatic heterocycles.